The lowest BCUT2D eigenvalue weighted by Crippen LogP contribution is -1.89. The molecule has 0 saturated carbocycles. The van der Waals surface area contributed by atoms with Crippen LogP contribution in [0.3, 0.4) is 0 Å². The molecule has 2 nitrogen and oxygen atoms in total. The molecule has 0 aliphatic carbocycles. The zero-order valence-electron chi connectivity index (χ0n) is 11.1. The topological polar surface area (TPSA) is 24.7 Å². The molecule has 0 heterocycles. The molecule has 0 spiro atoms. The number of aliphatic imine (C=N–C) groups is 2. The Labute approximate surface area is 104 Å². The lowest BCUT2D eigenvalue weighted by Gasteiger charge is -2.07. The molecule has 0 bridgehead atoms. The standard InChI is InChI=1S/C15H20N2/c1-5-14(16-6-2)15(17-7-3)13-10-8-9-12(4)11-13/h6-11H,5H2,1-4H3/b15-14-,16-6?,17-7?. The van der Waals surface area contributed by atoms with Gasteiger partial charge in [0.05, 0.1) is 11.4 Å². The van der Waals surface area contributed by atoms with Crippen molar-refractivity contribution < 1.29 is 0 Å². The first-order valence-electron chi connectivity index (χ1n) is 6.00. The van der Waals surface area contributed by atoms with E-state index in [0.29, 0.717) is 0 Å². The third-order valence-electron chi connectivity index (χ3n) is 2.44. The number of rotatable bonds is 4. The van der Waals surface area contributed by atoms with E-state index in [4.69, 9.17) is 0 Å². The molecule has 90 valence electrons. The van der Waals surface area contributed by atoms with E-state index in [2.05, 4.69) is 48.1 Å². The molecule has 0 aliphatic heterocycles. The summed E-state index contributed by atoms with van der Waals surface area (Å²) in [5, 5.41) is 0. The Morgan fingerprint density at radius 1 is 1.18 bits per heavy atom. The number of aryl methyl sites for hydroxylation is 1. The first kappa shape index (κ1) is 13.4. The van der Waals surface area contributed by atoms with Crippen molar-refractivity contribution in [2.75, 3.05) is 0 Å². The van der Waals surface area contributed by atoms with E-state index in [1.54, 1.807) is 0 Å². The third-order valence-corrected chi connectivity index (χ3v) is 2.44. The van der Waals surface area contributed by atoms with E-state index in [0.717, 1.165) is 23.4 Å². The van der Waals surface area contributed by atoms with Gasteiger partial charge in [0.15, 0.2) is 0 Å². The van der Waals surface area contributed by atoms with Gasteiger partial charge in [-0.15, -0.1) is 0 Å². The van der Waals surface area contributed by atoms with Crippen molar-refractivity contribution in [3.63, 3.8) is 0 Å². The van der Waals surface area contributed by atoms with Gasteiger partial charge in [-0.05, 0) is 33.3 Å². The van der Waals surface area contributed by atoms with Crippen molar-refractivity contribution in [1.82, 2.24) is 0 Å². The minimum Gasteiger partial charge on any atom is -0.264 e. The Morgan fingerprint density at radius 3 is 2.41 bits per heavy atom. The Bertz CT molecular complexity index is 454. The molecule has 0 unspecified atom stereocenters. The molecular formula is C15H20N2. The molecular weight excluding hydrogens is 208 g/mol. The number of allylic oxidation sites excluding steroid dienone is 1. The van der Waals surface area contributed by atoms with Crippen LogP contribution in [0.25, 0.3) is 5.70 Å². The fourth-order valence-electron chi connectivity index (χ4n) is 1.71. The summed E-state index contributed by atoms with van der Waals surface area (Å²) in [7, 11) is 0. The first-order chi connectivity index (χ1) is 8.22. The number of benzene rings is 1. The summed E-state index contributed by atoms with van der Waals surface area (Å²) < 4.78 is 0. The maximum absolute atomic E-state index is 4.47. The van der Waals surface area contributed by atoms with Gasteiger partial charge in [0.1, 0.15) is 0 Å². The average molecular weight is 228 g/mol. The normalized spacial score (nSPS) is 13.4. The average Bonchev–Trinajstić information content (AvgIpc) is 2.33. The maximum Gasteiger partial charge on any atom is 0.0912 e. The Kier molecular flexibility index (Phi) is 5.34. The molecule has 17 heavy (non-hydrogen) atoms. The molecule has 0 saturated heterocycles. The van der Waals surface area contributed by atoms with Crippen LogP contribution < -0.4 is 0 Å². The predicted octanol–water partition coefficient (Wildman–Crippen LogP) is 4.26. The van der Waals surface area contributed by atoms with Crippen molar-refractivity contribution in [3.8, 4) is 0 Å². The van der Waals surface area contributed by atoms with Crippen molar-refractivity contribution in [3.05, 3.63) is 41.1 Å². The lowest BCUT2D eigenvalue weighted by atomic mass is 10.1. The molecule has 0 aromatic heterocycles. The van der Waals surface area contributed by atoms with Gasteiger partial charge in [-0.25, -0.2) is 0 Å². The highest BCUT2D eigenvalue weighted by Gasteiger charge is 2.05. The van der Waals surface area contributed by atoms with Gasteiger partial charge in [0, 0.05) is 18.0 Å². The zero-order chi connectivity index (χ0) is 12.7. The van der Waals surface area contributed by atoms with Crippen LogP contribution in [0, 0.1) is 6.92 Å². The summed E-state index contributed by atoms with van der Waals surface area (Å²) in [6.07, 6.45) is 4.52. The van der Waals surface area contributed by atoms with Crippen LogP contribution in [0.15, 0.2) is 39.9 Å². The van der Waals surface area contributed by atoms with Gasteiger partial charge in [0.2, 0.25) is 0 Å². The van der Waals surface area contributed by atoms with Crippen LogP contribution in [-0.4, -0.2) is 12.4 Å². The summed E-state index contributed by atoms with van der Waals surface area (Å²) in [4.78, 5) is 8.87. The van der Waals surface area contributed by atoms with Crippen molar-refractivity contribution >= 4 is 18.1 Å². The van der Waals surface area contributed by atoms with E-state index in [1.165, 1.54) is 5.56 Å². The highest BCUT2D eigenvalue weighted by Crippen LogP contribution is 2.23. The molecule has 1 aromatic rings. The van der Waals surface area contributed by atoms with E-state index in [1.807, 2.05) is 26.3 Å². The van der Waals surface area contributed by atoms with Gasteiger partial charge in [-0.3, -0.25) is 9.98 Å². The monoisotopic (exact) mass is 228 g/mol. The quantitative estimate of drug-likeness (QED) is 0.688. The van der Waals surface area contributed by atoms with Gasteiger partial charge < -0.3 is 0 Å². The van der Waals surface area contributed by atoms with Gasteiger partial charge in [-0.1, -0.05) is 30.7 Å². The maximum atomic E-state index is 4.47. The van der Waals surface area contributed by atoms with Crippen LogP contribution >= 0.6 is 0 Å². The summed E-state index contributed by atoms with van der Waals surface area (Å²) in [6, 6.07) is 8.36. The fraction of sp³-hybridized carbons (Fsp3) is 0.333. The molecule has 0 atom stereocenters. The summed E-state index contributed by atoms with van der Waals surface area (Å²) >= 11 is 0. The molecule has 1 rings (SSSR count). The molecule has 0 radical (unpaired) electrons. The highest BCUT2D eigenvalue weighted by molar-refractivity contribution is 5.76. The van der Waals surface area contributed by atoms with E-state index < -0.39 is 0 Å². The summed E-state index contributed by atoms with van der Waals surface area (Å²) in [5.41, 5.74) is 4.36. The van der Waals surface area contributed by atoms with Crippen LogP contribution in [0.4, 0.5) is 0 Å². The molecule has 0 N–H and O–H groups in total. The van der Waals surface area contributed by atoms with Gasteiger partial charge in [0.25, 0.3) is 0 Å². The second kappa shape index (κ2) is 6.79. The fourth-order valence-corrected chi connectivity index (χ4v) is 1.71. The predicted molar refractivity (Wildman–Crippen MR) is 76.7 cm³/mol. The zero-order valence-corrected chi connectivity index (χ0v) is 11.1. The minimum atomic E-state index is 0.880. The smallest absolute Gasteiger partial charge is 0.0912 e. The second-order valence-corrected chi connectivity index (χ2v) is 3.79. The van der Waals surface area contributed by atoms with Crippen molar-refractivity contribution in [1.29, 1.82) is 0 Å². The van der Waals surface area contributed by atoms with Crippen LogP contribution in [-0.2, 0) is 0 Å². The number of hydrogen-bond donors (Lipinski definition) is 0. The molecule has 0 fully saturated rings. The molecule has 0 amide bonds. The lowest BCUT2D eigenvalue weighted by molar-refractivity contribution is 1.07. The molecule has 2 heteroatoms. The van der Waals surface area contributed by atoms with Crippen molar-refractivity contribution in [2.45, 2.75) is 34.1 Å². The number of nitrogens with zero attached hydrogens (tertiary/aromatic N) is 2. The Balaban J connectivity index is 3.34. The van der Waals surface area contributed by atoms with Gasteiger partial charge >= 0.3 is 0 Å². The van der Waals surface area contributed by atoms with E-state index in [-0.39, 0.29) is 0 Å². The SMILES string of the molecule is CC=N/C(CC)=C(\N=CC)c1cccc(C)c1. The minimum absolute atomic E-state index is 0.880. The summed E-state index contributed by atoms with van der Waals surface area (Å²) in [5.74, 6) is 0. The molecule has 1 aromatic carbocycles. The van der Waals surface area contributed by atoms with E-state index >= 15 is 0 Å². The Hall–Kier alpha value is -1.70. The van der Waals surface area contributed by atoms with Crippen LogP contribution in [0.5, 0.6) is 0 Å². The van der Waals surface area contributed by atoms with Crippen LogP contribution in [0.2, 0.25) is 0 Å². The van der Waals surface area contributed by atoms with Crippen molar-refractivity contribution in [2.24, 2.45) is 9.98 Å². The highest BCUT2D eigenvalue weighted by atomic mass is 14.8. The largest absolute Gasteiger partial charge is 0.264 e. The third kappa shape index (κ3) is 3.66. The first-order valence-corrected chi connectivity index (χ1v) is 6.00. The van der Waals surface area contributed by atoms with Crippen LogP contribution in [0.1, 0.15) is 38.3 Å². The number of hydrogen-bond acceptors (Lipinski definition) is 2. The van der Waals surface area contributed by atoms with Gasteiger partial charge in [-0.2, -0.15) is 0 Å². The Morgan fingerprint density at radius 2 is 1.88 bits per heavy atom. The molecule has 0 aliphatic rings. The second-order valence-electron chi connectivity index (χ2n) is 3.79. The van der Waals surface area contributed by atoms with E-state index in [9.17, 15) is 0 Å². The summed E-state index contributed by atoms with van der Waals surface area (Å²) in [6.45, 7) is 8.05.